The molecule has 2 N–H and O–H groups in total. The van der Waals surface area contributed by atoms with Crippen LogP contribution in [-0.2, 0) is 0 Å². The molecule has 0 spiro atoms. The summed E-state index contributed by atoms with van der Waals surface area (Å²) in [5, 5.41) is 2.27. The number of nitrogens with zero attached hydrogens (tertiary/aromatic N) is 2. The van der Waals surface area contributed by atoms with Crippen LogP contribution in [0.3, 0.4) is 0 Å². The number of fused-ring (bicyclic) bond motifs is 1. The average Bonchev–Trinajstić information content (AvgIpc) is 2.43. The third-order valence-electron chi connectivity index (χ3n) is 3.16. The van der Waals surface area contributed by atoms with Crippen LogP contribution in [0.2, 0.25) is 15.1 Å². The van der Waals surface area contributed by atoms with Crippen LogP contribution in [0.4, 0.5) is 5.82 Å². The second-order valence-electron chi connectivity index (χ2n) is 4.68. The van der Waals surface area contributed by atoms with Crippen molar-refractivity contribution < 1.29 is 0 Å². The average molecular weight is 339 g/mol. The van der Waals surface area contributed by atoms with Crippen molar-refractivity contribution >= 4 is 51.5 Å². The highest BCUT2D eigenvalue weighted by atomic mass is 35.5. The summed E-state index contributed by atoms with van der Waals surface area (Å²) in [5.41, 5.74) is 8.36. The quantitative estimate of drug-likeness (QED) is 0.667. The van der Waals surface area contributed by atoms with Gasteiger partial charge in [-0.2, -0.15) is 0 Å². The first-order chi connectivity index (χ1) is 9.95. The van der Waals surface area contributed by atoms with Crippen LogP contribution in [-0.4, -0.2) is 9.97 Å². The molecule has 0 saturated carbocycles. The fourth-order valence-corrected chi connectivity index (χ4v) is 2.75. The molecular formula is C15H10Cl3N3. The van der Waals surface area contributed by atoms with E-state index < -0.39 is 0 Å². The van der Waals surface area contributed by atoms with Crippen molar-refractivity contribution in [2.75, 3.05) is 5.73 Å². The molecule has 21 heavy (non-hydrogen) atoms. The van der Waals surface area contributed by atoms with Gasteiger partial charge in [-0.25, -0.2) is 9.97 Å². The Hall–Kier alpha value is -1.55. The second kappa shape index (κ2) is 5.34. The monoisotopic (exact) mass is 337 g/mol. The van der Waals surface area contributed by atoms with Crippen LogP contribution in [0.25, 0.3) is 22.3 Å². The number of benzene rings is 2. The summed E-state index contributed by atoms with van der Waals surface area (Å²) < 4.78 is 0. The molecule has 106 valence electrons. The maximum absolute atomic E-state index is 6.20. The van der Waals surface area contributed by atoms with Gasteiger partial charge >= 0.3 is 0 Å². The van der Waals surface area contributed by atoms with E-state index in [1.54, 1.807) is 18.2 Å². The van der Waals surface area contributed by atoms with E-state index in [1.165, 1.54) is 0 Å². The van der Waals surface area contributed by atoms with E-state index in [-0.39, 0.29) is 0 Å². The van der Waals surface area contributed by atoms with Gasteiger partial charge in [0.1, 0.15) is 5.82 Å². The summed E-state index contributed by atoms with van der Waals surface area (Å²) >= 11 is 18.2. The number of halogens is 3. The predicted octanol–water partition coefficient (Wildman–Crippen LogP) is 5.15. The van der Waals surface area contributed by atoms with Crippen molar-refractivity contribution in [1.29, 1.82) is 0 Å². The van der Waals surface area contributed by atoms with Gasteiger partial charge in [0.15, 0.2) is 5.82 Å². The first-order valence-electron chi connectivity index (χ1n) is 6.14. The molecule has 0 aliphatic rings. The summed E-state index contributed by atoms with van der Waals surface area (Å²) in [6, 6.07) is 8.90. The minimum absolute atomic E-state index is 0.340. The topological polar surface area (TPSA) is 51.8 Å². The third-order valence-corrected chi connectivity index (χ3v) is 4.09. The zero-order valence-corrected chi connectivity index (χ0v) is 13.3. The molecular weight excluding hydrogens is 329 g/mol. The van der Waals surface area contributed by atoms with E-state index in [2.05, 4.69) is 9.97 Å². The van der Waals surface area contributed by atoms with Crippen molar-refractivity contribution in [3.8, 4) is 11.4 Å². The van der Waals surface area contributed by atoms with Crippen LogP contribution in [0.5, 0.6) is 0 Å². The normalized spacial score (nSPS) is 11.0. The van der Waals surface area contributed by atoms with Gasteiger partial charge in [0.2, 0.25) is 0 Å². The Bertz CT molecular complexity index is 862. The molecule has 0 radical (unpaired) electrons. The molecule has 0 amide bonds. The van der Waals surface area contributed by atoms with Crippen molar-refractivity contribution in [1.82, 2.24) is 9.97 Å². The lowest BCUT2D eigenvalue weighted by Crippen LogP contribution is -1.98. The van der Waals surface area contributed by atoms with Gasteiger partial charge in [0, 0.05) is 21.0 Å². The highest BCUT2D eigenvalue weighted by molar-refractivity contribution is 6.38. The number of anilines is 1. The zero-order chi connectivity index (χ0) is 15.1. The van der Waals surface area contributed by atoms with Gasteiger partial charge < -0.3 is 5.73 Å². The molecule has 1 aromatic heterocycles. The summed E-state index contributed by atoms with van der Waals surface area (Å²) in [6.07, 6.45) is 0. The van der Waals surface area contributed by atoms with Crippen LogP contribution in [0.1, 0.15) is 5.56 Å². The number of hydrogen-bond donors (Lipinski definition) is 1. The van der Waals surface area contributed by atoms with E-state index in [1.807, 2.05) is 19.1 Å². The van der Waals surface area contributed by atoms with Gasteiger partial charge in [-0.3, -0.25) is 0 Å². The number of rotatable bonds is 1. The van der Waals surface area contributed by atoms with Gasteiger partial charge in [0.05, 0.1) is 10.5 Å². The van der Waals surface area contributed by atoms with Gasteiger partial charge in [-0.15, -0.1) is 0 Å². The second-order valence-corrected chi connectivity index (χ2v) is 5.93. The molecule has 3 aromatic rings. The molecule has 0 bridgehead atoms. The Balaban J connectivity index is 2.27. The SMILES string of the molecule is Cc1cc(-c2nc(N)c3cc(Cl)cc(Cl)c3n2)ccc1Cl. The Morgan fingerprint density at radius 3 is 2.43 bits per heavy atom. The van der Waals surface area contributed by atoms with E-state index in [4.69, 9.17) is 40.5 Å². The number of hydrogen-bond acceptors (Lipinski definition) is 3. The van der Waals surface area contributed by atoms with E-state index in [9.17, 15) is 0 Å². The molecule has 0 aliphatic carbocycles. The van der Waals surface area contributed by atoms with Crippen LogP contribution < -0.4 is 5.73 Å². The summed E-state index contributed by atoms with van der Waals surface area (Å²) in [6.45, 7) is 1.92. The lowest BCUT2D eigenvalue weighted by molar-refractivity contribution is 1.23. The minimum atomic E-state index is 0.340. The Morgan fingerprint density at radius 1 is 0.952 bits per heavy atom. The minimum Gasteiger partial charge on any atom is -0.383 e. The van der Waals surface area contributed by atoms with E-state index in [0.717, 1.165) is 11.1 Å². The lowest BCUT2D eigenvalue weighted by atomic mass is 10.1. The van der Waals surface area contributed by atoms with E-state index >= 15 is 0 Å². The molecule has 3 nitrogen and oxygen atoms in total. The fraction of sp³-hybridized carbons (Fsp3) is 0.0667. The predicted molar refractivity (Wildman–Crippen MR) is 89.2 cm³/mol. The van der Waals surface area contributed by atoms with Crippen molar-refractivity contribution in [3.05, 3.63) is 51.0 Å². The third kappa shape index (κ3) is 2.64. The molecule has 1 heterocycles. The standard InChI is InChI=1S/C15H10Cl3N3/c1-7-4-8(2-3-11(7)17)15-20-13-10(14(19)21-15)5-9(16)6-12(13)18/h2-6H,1H3,(H2,19,20,21). The van der Waals surface area contributed by atoms with Crippen LogP contribution in [0.15, 0.2) is 30.3 Å². The first kappa shape index (κ1) is 14.4. The maximum Gasteiger partial charge on any atom is 0.162 e. The zero-order valence-electron chi connectivity index (χ0n) is 11.0. The van der Waals surface area contributed by atoms with Crippen molar-refractivity contribution in [2.45, 2.75) is 6.92 Å². The first-order valence-corrected chi connectivity index (χ1v) is 7.28. The highest BCUT2D eigenvalue weighted by Gasteiger charge is 2.12. The molecule has 3 rings (SSSR count). The molecule has 0 atom stereocenters. The van der Waals surface area contributed by atoms with Gasteiger partial charge in [-0.1, -0.05) is 34.8 Å². The van der Waals surface area contributed by atoms with Crippen molar-refractivity contribution in [3.63, 3.8) is 0 Å². The number of nitrogens with two attached hydrogens (primary N) is 1. The van der Waals surface area contributed by atoms with Crippen LogP contribution >= 0.6 is 34.8 Å². The summed E-state index contributed by atoms with van der Waals surface area (Å²) in [5.74, 6) is 0.844. The van der Waals surface area contributed by atoms with Crippen LogP contribution in [0, 0.1) is 6.92 Å². The van der Waals surface area contributed by atoms with Crippen molar-refractivity contribution in [2.24, 2.45) is 0 Å². The molecule has 2 aromatic carbocycles. The molecule has 0 aliphatic heterocycles. The molecule has 0 fully saturated rings. The van der Waals surface area contributed by atoms with Gasteiger partial charge in [0.25, 0.3) is 0 Å². The fourth-order valence-electron chi connectivity index (χ4n) is 2.09. The molecule has 0 unspecified atom stereocenters. The summed E-state index contributed by atoms with van der Waals surface area (Å²) in [4.78, 5) is 8.82. The molecule has 6 heteroatoms. The maximum atomic E-state index is 6.20. The highest BCUT2D eigenvalue weighted by Crippen LogP contribution is 2.31. The Kier molecular flexibility index (Phi) is 3.66. The smallest absolute Gasteiger partial charge is 0.162 e. The summed E-state index contributed by atoms with van der Waals surface area (Å²) in [7, 11) is 0. The number of aromatic nitrogens is 2. The largest absolute Gasteiger partial charge is 0.383 e. The number of aryl methyl sites for hydroxylation is 1. The number of nitrogen functional groups attached to an aromatic ring is 1. The van der Waals surface area contributed by atoms with Gasteiger partial charge in [-0.05, 0) is 42.8 Å². The lowest BCUT2D eigenvalue weighted by Gasteiger charge is -2.08. The molecule has 0 saturated heterocycles. The Morgan fingerprint density at radius 2 is 1.71 bits per heavy atom. The van der Waals surface area contributed by atoms with E-state index in [0.29, 0.717) is 37.6 Å². The Labute approximate surface area is 136 Å².